The van der Waals surface area contributed by atoms with Gasteiger partial charge in [0.05, 0.1) is 101 Å². The van der Waals surface area contributed by atoms with Gasteiger partial charge in [-0.05, 0) is 99.8 Å². The summed E-state index contributed by atoms with van der Waals surface area (Å²) in [6, 6.07) is 6.86. The van der Waals surface area contributed by atoms with Crippen LogP contribution in [-0.2, 0) is 97.1 Å². The molecule has 3 aliphatic heterocycles. The molecule has 3 heterocycles. The number of urea groups is 1. The molecule has 5 rings (SSSR count). The van der Waals surface area contributed by atoms with Crippen LogP contribution >= 0.6 is 0 Å². The number of carbonyl (C=O) groups excluding carboxylic acids is 11. The predicted molar refractivity (Wildman–Crippen MR) is 424 cm³/mol. The van der Waals surface area contributed by atoms with Gasteiger partial charge in [-0.15, -0.1) is 0 Å². The molecule has 3 aliphatic rings. The minimum atomic E-state index is -1.29. The Hall–Kier alpha value is -8.23. The van der Waals surface area contributed by atoms with Crippen LogP contribution < -0.4 is 54.0 Å². The van der Waals surface area contributed by atoms with Crippen LogP contribution in [0.5, 0.6) is 0 Å². The Labute approximate surface area is 676 Å². The smallest absolute Gasteiger partial charge is 0.410 e. The first-order valence-corrected chi connectivity index (χ1v) is 40.0. The highest BCUT2D eigenvalue weighted by Crippen LogP contribution is 2.39. The summed E-state index contributed by atoms with van der Waals surface area (Å²) >= 11 is 0. The molecular formula is C80H131N13O22. The van der Waals surface area contributed by atoms with Crippen molar-refractivity contribution in [1.29, 1.82) is 0 Å². The number of amides is 12. The van der Waals surface area contributed by atoms with Gasteiger partial charge in [-0.25, -0.2) is 9.59 Å². The largest absolute Gasteiger partial charge is 0.445 e. The number of likely N-dealkylation sites (tertiary alicyclic amines) is 1. The molecule has 12 amide bonds. The van der Waals surface area contributed by atoms with Crippen molar-refractivity contribution in [2.75, 3.05) is 107 Å². The summed E-state index contributed by atoms with van der Waals surface area (Å²) in [7, 11) is 7.64. The molecule has 13 N–H and O–H groups in total. The lowest BCUT2D eigenvalue weighted by molar-refractivity contribution is -0.192. The molecule has 0 aromatic heterocycles. The van der Waals surface area contributed by atoms with Gasteiger partial charge in [-0.2, -0.15) is 0 Å². The molecule has 0 saturated carbocycles. The molecule has 35 nitrogen and oxygen atoms in total. The van der Waals surface area contributed by atoms with Crippen LogP contribution in [0.15, 0.2) is 54.6 Å². The fraction of sp³-hybridized carbons (Fsp3) is 0.713. The van der Waals surface area contributed by atoms with E-state index in [0.29, 0.717) is 76.6 Å². The zero-order valence-electron chi connectivity index (χ0n) is 70.2. The summed E-state index contributed by atoms with van der Waals surface area (Å²) in [4.78, 5) is 156. The molecule has 3 fully saturated rings. The van der Waals surface area contributed by atoms with Gasteiger partial charge in [-0.3, -0.25) is 48.1 Å². The highest BCUT2D eigenvalue weighted by molar-refractivity contribution is 5.99. The van der Waals surface area contributed by atoms with E-state index >= 15 is 0 Å². The van der Waals surface area contributed by atoms with E-state index in [9.17, 15) is 57.8 Å². The van der Waals surface area contributed by atoms with Crippen LogP contribution in [0.25, 0.3) is 0 Å². The van der Waals surface area contributed by atoms with Gasteiger partial charge < -0.3 is 116 Å². The molecule has 0 spiro atoms. The summed E-state index contributed by atoms with van der Waals surface area (Å²) in [5.41, 5.74) is 13.0. The number of fused-ring (bicyclic) bond motifs is 1. The molecule has 3 saturated heterocycles. The highest BCUT2D eigenvalue weighted by atomic mass is 16.8. The maximum absolute atomic E-state index is 14.9. The fourth-order valence-corrected chi connectivity index (χ4v) is 14.3. The minimum Gasteiger partial charge on any atom is -0.445 e. The number of ether oxygens (including phenoxy) is 10. The SMILES string of the molecule is CC[C@H](C)[C@@H]([C@@H](CC(=O)N1CCC[C@H]1[C@H](OC)[C@@H](C)C(=O)N[C@H](C)[C@@H](O)c1ccccc1)OC)N(C)C(=O)[C@@H](NC(=O)[C@H](C(C)C)N(C)C(=O)OCc1ccc(NC(=O)[C@H](CCCNC(N)=O)NC(=O)[C@@H](NC(=O)[C@@H](N)CCC(=O)NC2O[C@H](C(=O)NCCOCCOCCOCCOC)[C@H]3OC(C)(C)O[C@@H]23)C(C)C)cc1)C(C)C. The second-order valence-corrected chi connectivity index (χ2v) is 31.1. The van der Waals surface area contributed by atoms with Crippen LogP contribution in [0.2, 0.25) is 0 Å². The van der Waals surface area contributed by atoms with Gasteiger partial charge in [0.2, 0.25) is 47.3 Å². The monoisotopic (exact) mass is 1630 g/mol. The molecule has 648 valence electrons. The summed E-state index contributed by atoms with van der Waals surface area (Å²) in [6.07, 6.45) is -5.79. The Morgan fingerprint density at radius 1 is 0.678 bits per heavy atom. The fourth-order valence-electron chi connectivity index (χ4n) is 14.3. The zero-order chi connectivity index (χ0) is 85.4. The molecule has 17 atom stereocenters. The third-order valence-electron chi connectivity index (χ3n) is 20.9. The number of likely N-dealkylation sites (N-methyl/N-ethyl adjacent to an activating group) is 2. The number of anilines is 1. The summed E-state index contributed by atoms with van der Waals surface area (Å²) in [5.74, 6) is -8.34. The van der Waals surface area contributed by atoms with Gasteiger partial charge in [0.1, 0.15) is 43.0 Å². The molecule has 1 unspecified atom stereocenters. The lowest BCUT2D eigenvalue weighted by Gasteiger charge is -2.41. The molecule has 2 aromatic rings. The third-order valence-corrected chi connectivity index (χ3v) is 20.9. The number of benzene rings is 2. The molecule has 0 radical (unpaired) electrons. The number of hydrogen-bond donors (Lipinski definition) is 11. The number of aliphatic hydroxyl groups is 1. The van der Waals surface area contributed by atoms with Crippen LogP contribution in [0.4, 0.5) is 15.3 Å². The number of nitrogens with two attached hydrogens (primary N) is 2. The second-order valence-electron chi connectivity index (χ2n) is 31.1. The predicted octanol–water partition coefficient (Wildman–Crippen LogP) is 2.87. The van der Waals surface area contributed by atoms with Crippen LogP contribution in [0.3, 0.4) is 0 Å². The Morgan fingerprint density at radius 3 is 1.89 bits per heavy atom. The van der Waals surface area contributed by atoms with E-state index in [1.54, 1.807) is 125 Å². The topological polar surface area (TPSA) is 458 Å². The van der Waals surface area contributed by atoms with Crippen molar-refractivity contribution in [2.24, 2.45) is 41.1 Å². The van der Waals surface area contributed by atoms with Gasteiger partial charge in [-0.1, -0.05) is 111 Å². The third kappa shape index (κ3) is 30.0. The van der Waals surface area contributed by atoms with E-state index in [1.165, 1.54) is 26.2 Å². The van der Waals surface area contributed by atoms with E-state index < -0.39 is 174 Å². The van der Waals surface area contributed by atoms with Crippen molar-refractivity contribution < 1.29 is 105 Å². The standard InChI is InChI=1S/C80H131N13O22/c1-18-49(8)64(58(107-16)44-60(95)93-36-23-27-57(93)66(108-17)50(9)70(97)85-51(10)65(96)53-24-20-19-21-25-53)91(13)77(103)62(47(4)5)90-74(101)63(48(6)7)92(14)79(105)112-45-52-28-30-54(31-29-52)86-72(99)56(26-22-34-84-78(82)104)87-73(100)61(46(2)3)89-71(98)55(81)32-33-59(94)88-76-69-67(114-80(11,12)115-69)68(113-76)75(102)83-35-37-109-40-41-111-43-42-110-39-38-106-15/h19-21,24-25,28-31,46-51,55-58,61-69,76,96H,18,22-23,26-27,32-45,81H2,1-17H3,(H,83,102)(H,85,97)(H,86,99)(H,87,100)(H,88,94)(H,89,98)(H,90,101)(H3,82,84,104)/t49-,50+,51+,55-,56-,57-,58+,61-,62-,63-,64-,65+,66+,67+,68-,69+,76?/m0/s1. The van der Waals surface area contributed by atoms with E-state index in [2.05, 4.69) is 42.5 Å². The zero-order valence-corrected chi connectivity index (χ0v) is 70.2. The van der Waals surface area contributed by atoms with Crippen LogP contribution in [0, 0.1) is 29.6 Å². The summed E-state index contributed by atoms with van der Waals surface area (Å²) in [6.45, 7) is 24.1. The number of rotatable bonds is 50. The Kier molecular flexibility index (Phi) is 41.0. The molecule has 0 aliphatic carbocycles. The second kappa shape index (κ2) is 48.5. The summed E-state index contributed by atoms with van der Waals surface area (Å²) in [5, 5.41) is 33.0. The van der Waals surface area contributed by atoms with Gasteiger partial charge in [0, 0.05) is 67.2 Å². The van der Waals surface area contributed by atoms with E-state index in [0.717, 1.165) is 4.90 Å². The van der Waals surface area contributed by atoms with Crippen molar-refractivity contribution in [3.8, 4) is 0 Å². The maximum Gasteiger partial charge on any atom is 0.410 e. The van der Waals surface area contributed by atoms with Gasteiger partial charge in [0.15, 0.2) is 18.1 Å². The first-order valence-electron chi connectivity index (χ1n) is 40.0. The lowest BCUT2D eigenvalue weighted by atomic mass is 9.89. The van der Waals surface area contributed by atoms with Gasteiger partial charge >= 0.3 is 12.1 Å². The highest BCUT2D eigenvalue weighted by Gasteiger charge is 2.58. The number of nitrogens with zero attached hydrogens (tertiary/aromatic N) is 3. The molecule has 35 heteroatoms. The maximum atomic E-state index is 14.9. The van der Waals surface area contributed by atoms with Gasteiger partial charge in [0.25, 0.3) is 5.91 Å². The number of aliphatic hydroxyl groups excluding tert-OH is 1. The van der Waals surface area contributed by atoms with E-state index in [1.807, 2.05) is 32.0 Å². The van der Waals surface area contributed by atoms with E-state index in [4.69, 9.17) is 58.8 Å². The number of nitrogens with one attached hydrogen (secondary N) is 8. The average Bonchev–Trinajstić information content (AvgIpc) is 1.57. The lowest BCUT2D eigenvalue weighted by Crippen LogP contribution is -2.60. The Morgan fingerprint density at radius 2 is 1.30 bits per heavy atom. The minimum absolute atomic E-state index is 0.00342. The molecular weight excluding hydrogens is 1490 g/mol. The normalized spacial score (nSPS) is 20.2. The molecule has 2 aromatic carbocycles. The molecule has 115 heavy (non-hydrogen) atoms. The van der Waals surface area contributed by atoms with Crippen molar-refractivity contribution in [2.45, 2.75) is 238 Å². The number of hydrogen-bond acceptors (Lipinski definition) is 23. The first kappa shape index (κ1) is 97.3. The summed E-state index contributed by atoms with van der Waals surface area (Å²) < 4.78 is 57.1. The quantitative estimate of drug-likeness (QED) is 0.0424. The first-order chi connectivity index (χ1) is 54.5. The Bertz CT molecular complexity index is 3420. The van der Waals surface area contributed by atoms with Crippen molar-refractivity contribution >= 4 is 71.0 Å². The van der Waals surface area contributed by atoms with Crippen molar-refractivity contribution in [3.05, 3.63) is 65.7 Å². The number of methoxy groups -OCH3 is 3. The van der Waals surface area contributed by atoms with Crippen LogP contribution in [-0.4, -0.2) is 277 Å². The number of primary amides is 1. The number of carbonyl (C=O) groups is 11. The average molecular weight is 1630 g/mol. The van der Waals surface area contributed by atoms with Crippen LogP contribution in [0.1, 0.15) is 152 Å². The van der Waals surface area contributed by atoms with Crippen molar-refractivity contribution in [3.63, 3.8) is 0 Å². The van der Waals surface area contributed by atoms with Crippen molar-refractivity contribution in [1.82, 2.24) is 51.9 Å². The van der Waals surface area contributed by atoms with E-state index in [-0.39, 0.29) is 81.8 Å². The molecule has 0 bridgehead atoms. The Balaban J connectivity index is 1.14.